The third-order valence-electron chi connectivity index (χ3n) is 6.68. The van der Waals surface area contributed by atoms with Crippen LogP contribution in [0.25, 0.3) is 22.0 Å². The average Bonchev–Trinajstić information content (AvgIpc) is 3.49. The number of fused-ring (bicyclic) bond motifs is 1. The Morgan fingerprint density at radius 2 is 1.79 bits per heavy atom. The molecule has 0 aliphatic carbocycles. The van der Waals surface area contributed by atoms with E-state index in [1.54, 1.807) is 6.20 Å². The number of carbonyl (C=O) groups is 2. The van der Waals surface area contributed by atoms with Crippen LogP contribution >= 0.6 is 0 Å². The molecule has 2 heterocycles. The van der Waals surface area contributed by atoms with Crippen LogP contribution < -0.4 is 10.6 Å². The monoisotopic (exact) mass is 452 g/mol. The van der Waals surface area contributed by atoms with E-state index >= 15 is 0 Å². The molecular weight excluding hydrogens is 424 g/mol. The first-order valence-corrected chi connectivity index (χ1v) is 11.7. The van der Waals surface area contributed by atoms with Gasteiger partial charge in [0, 0.05) is 30.5 Å². The highest BCUT2D eigenvalue weighted by Crippen LogP contribution is 2.30. The van der Waals surface area contributed by atoms with Crippen molar-refractivity contribution in [3.63, 3.8) is 0 Å². The van der Waals surface area contributed by atoms with Crippen LogP contribution in [-0.4, -0.2) is 27.6 Å². The maximum Gasteiger partial charge on any atom is 0.220 e. The van der Waals surface area contributed by atoms with Crippen LogP contribution in [0, 0.1) is 0 Å². The summed E-state index contributed by atoms with van der Waals surface area (Å²) in [6.07, 6.45) is 4.68. The highest BCUT2D eigenvalue weighted by Gasteiger charge is 2.37. The predicted molar refractivity (Wildman–Crippen MR) is 133 cm³/mol. The molecule has 1 aliphatic heterocycles. The number of carbonyl (C=O) groups excluding carboxylic acids is 2. The molecule has 172 valence electrons. The summed E-state index contributed by atoms with van der Waals surface area (Å²) in [6, 6.07) is 24.6. The van der Waals surface area contributed by atoms with Gasteiger partial charge in [0.05, 0.1) is 11.9 Å². The number of aromatic nitrogens is 2. The second-order valence-corrected chi connectivity index (χ2v) is 9.10. The van der Waals surface area contributed by atoms with Crippen LogP contribution in [0.1, 0.15) is 36.8 Å². The standard InChI is InChI=1S/C28H28N4O2/c33-25(29-18-24-19-30-32-27(24)22-7-2-1-3-8-22)12-14-28(15-13-26(34)31-28)17-20-10-11-21-6-4-5-9-23(21)16-20/h1-11,16,19H,12-15,17-18H2,(H,29,33)(H,30,32)(H,31,34)/t28-/m1/s1. The van der Waals surface area contributed by atoms with Gasteiger partial charge in [-0.3, -0.25) is 14.7 Å². The summed E-state index contributed by atoms with van der Waals surface area (Å²) in [7, 11) is 0. The fourth-order valence-corrected chi connectivity index (χ4v) is 4.86. The van der Waals surface area contributed by atoms with Gasteiger partial charge in [0.1, 0.15) is 0 Å². The van der Waals surface area contributed by atoms with E-state index in [2.05, 4.69) is 51.2 Å². The van der Waals surface area contributed by atoms with E-state index in [9.17, 15) is 9.59 Å². The number of hydrogen-bond acceptors (Lipinski definition) is 3. The van der Waals surface area contributed by atoms with Crippen LogP contribution in [0.15, 0.2) is 79.0 Å². The molecule has 1 atom stereocenters. The number of aromatic amines is 1. The van der Waals surface area contributed by atoms with E-state index in [1.165, 1.54) is 16.3 Å². The van der Waals surface area contributed by atoms with Gasteiger partial charge in [0.2, 0.25) is 11.8 Å². The first-order valence-electron chi connectivity index (χ1n) is 11.7. The number of hydrogen-bond donors (Lipinski definition) is 3. The molecule has 0 unspecified atom stereocenters. The van der Waals surface area contributed by atoms with Crippen molar-refractivity contribution < 1.29 is 9.59 Å². The second-order valence-electron chi connectivity index (χ2n) is 9.10. The lowest BCUT2D eigenvalue weighted by atomic mass is 9.84. The minimum atomic E-state index is -0.387. The maximum absolute atomic E-state index is 12.7. The minimum absolute atomic E-state index is 0.0285. The van der Waals surface area contributed by atoms with Gasteiger partial charge < -0.3 is 10.6 Å². The molecule has 6 nitrogen and oxygen atoms in total. The van der Waals surface area contributed by atoms with Crippen molar-refractivity contribution in [3.05, 3.63) is 90.1 Å². The fourth-order valence-electron chi connectivity index (χ4n) is 4.86. The van der Waals surface area contributed by atoms with Crippen LogP contribution in [0.4, 0.5) is 0 Å². The Morgan fingerprint density at radius 1 is 1.00 bits per heavy atom. The van der Waals surface area contributed by atoms with Gasteiger partial charge in [0.15, 0.2) is 0 Å². The number of amides is 2. The van der Waals surface area contributed by atoms with Crippen molar-refractivity contribution >= 4 is 22.6 Å². The fraction of sp³-hybridized carbons (Fsp3) is 0.250. The molecule has 6 heteroatoms. The Balaban J connectivity index is 1.22. The molecule has 2 amide bonds. The smallest absolute Gasteiger partial charge is 0.220 e. The quantitative estimate of drug-likeness (QED) is 0.367. The Kier molecular flexibility index (Phi) is 6.12. The second kappa shape index (κ2) is 9.51. The van der Waals surface area contributed by atoms with Crippen molar-refractivity contribution in [2.75, 3.05) is 0 Å². The maximum atomic E-state index is 12.7. The summed E-state index contributed by atoms with van der Waals surface area (Å²) in [6.45, 7) is 0.406. The van der Waals surface area contributed by atoms with Crippen molar-refractivity contribution in [1.82, 2.24) is 20.8 Å². The zero-order chi connectivity index (χ0) is 23.4. The summed E-state index contributed by atoms with van der Waals surface area (Å²) < 4.78 is 0. The van der Waals surface area contributed by atoms with Gasteiger partial charge in [-0.1, -0.05) is 72.8 Å². The van der Waals surface area contributed by atoms with Gasteiger partial charge in [0.25, 0.3) is 0 Å². The van der Waals surface area contributed by atoms with Crippen molar-refractivity contribution in [3.8, 4) is 11.3 Å². The lowest BCUT2D eigenvalue weighted by molar-refractivity contribution is -0.122. The normalized spacial score (nSPS) is 17.6. The summed E-state index contributed by atoms with van der Waals surface area (Å²) in [5, 5.41) is 15.8. The third-order valence-corrected chi connectivity index (χ3v) is 6.68. The van der Waals surface area contributed by atoms with Crippen LogP contribution in [0.5, 0.6) is 0 Å². The molecule has 4 aromatic rings. The van der Waals surface area contributed by atoms with Gasteiger partial charge >= 0.3 is 0 Å². The summed E-state index contributed by atoms with van der Waals surface area (Å²) in [5.41, 5.74) is 3.68. The molecule has 5 rings (SSSR count). The molecule has 1 aromatic heterocycles. The average molecular weight is 453 g/mol. The molecular formula is C28H28N4O2. The van der Waals surface area contributed by atoms with Crippen LogP contribution in [0.3, 0.4) is 0 Å². The van der Waals surface area contributed by atoms with Crippen LogP contribution in [0.2, 0.25) is 0 Å². The van der Waals surface area contributed by atoms with E-state index in [4.69, 9.17) is 0 Å². The van der Waals surface area contributed by atoms with E-state index in [-0.39, 0.29) is 17.4 Å². The highest BCUT2D eigenvalue weighted by molar-refractivity contribution is 5.83. The number of nitrogens with one attached hydrogen (secondary N) is 3. The molecule has 1 saturated heterocycles. The lowest BCUT2D eigenvalue weighted by Gasteiger charge is -2.29. The summed E-state index contributed by atoms with van der Waals surface area (Å²) in [4.78, 5) is 24.9. The molecule has 0 radical (unpaired) electrons. The first kappa shape index (κ1) is 21.9. The number of rotatable bonds is 8. The van der Waals surface area contributed by atoms with Crippen molar-refractivity contribution in [1.29, 1.82) is 0 Å². The van der Waals surface area contributed by atoms with Crippen molar-refractivity contribution in [2.45, 2.75) is 44.2 Å². The predicted octanol–water partition coefficient (Wildman–Crippen LogP) is 4.52. The zero-order valence-corrected chi connectivity index (χ0v) is 19.0. The Morgan fingerprint density at radius 3 is 2.59 bits per heavy atom. The van der Waals surface area contributed by atoms with E-state index < -0.39 is 0 Å². The molecule has 0 spiro atoms. The van der Waals surface area contributed by atoms with E-state index in [0.717, 1.165) is 29.7 Å². The van der Waals surface area contributed by atoms with Gasteiger partial charge in [-0.2, -0.15) is 5.10 Å². The number of benzene rings is 3. The molecule has 34 heavy (non-hydrogen) atoms. The third kappa shape index (κ3) is 4.86. The first-order chi connectivity index (χ1) is 16.6. The number of H-pyrrole nitrogens is 1. The molecule has 3 N–H and O–H groups in total. The molecule has 1 aliphatic rings. The Bertz CT molecular complexity index is 1310. The topological polar surface area (TPSA) is 86.9 Å². The minimum Gasteiger partial charge on any atom is -0.352 e. The Labute approximate surface area is 198 Å². The Hall–Kier alpha value is -3.93. The summed E-state index contributed by atoms with van der Waals surface area (Å²) in [5.74, 6) is 0.0337. The van der Waals surface area contributed by atoms with Gasteiger partial charge in [-0.05, 0) is 41.2 Å². The molecule has 3 aromatic carbocycles. The van der Waals surface area contributed by atoms with E-state index in [1.807, 2.05) is 42.5 Å². The van der Waals surface area contributed by atoms with Crippen LogP contribution in [-0.2, 0) is 22.6 Å². The van der Waals surface area contributed by atoms with Crippen molar-refractivity contribution in [2.24, 2.45) is 0 Å². The lowest BCUT2D eigenvalue weighted by Crippen LogP contribution is -2.44. The summed E-state index contributed by atoms with van der Waals surface area (Å²) >= 11 is 0. The highest BCUT2D eigenvalue weighted by atomic mass is 16.2. The van der Waals surface area contributed by atoms with Gasteiger partial charge in [-0.15, -0.1) is 0 Å². The zero-order valence-electron chi connectivity index (χ0n) is 19.0. The largest absolute Gasteiger partial charge is 0.352 e. The van der Waals surface area contributed by atoms with Gasteiger partial charge in [-0.25, -0.2) is 0 Å². The molecule has 0 bridgehead atoms. The molecule has 0 saturated carbocycles. The van der Waals surface area contributed by atoms with E-state index in [0.29, 0.717) is 25.8 Å². The number of nitrogens with zero attached hydrogens (tertiary/aromatic N) is 1. The SMILES string of the molecule is O=C(CC[C@]1(Cc2ccc3ccccc3c2)CCC(=O)N1)NCc1cn[nH]c1-c1ccccc1. The molecule has 1 fully saturated rings.